The van der Waals surface area contributed by atoms with Crippen LogP contribution in [0.4, 0.5) is 0 Å². The Hall–Kier alpha value is 1.55. The van der Waals surface area contributed by atoms with E-state index in [-0.39, 0.29) is 73.5 Å². The number of hydrogen-bond donors (Lipinski definition) is 0. The summed E-state index contributed by atoms with van der Waals surface area (Å²) in [7, 11) is 0. The molecular formula is H4N3NbSiTi. The van der Waals surface area contributed by atoms with E-state index in [9.17, 15) is 0 Å². The number of nitrogens with zero attached hydrogens (tertiary/aromatic N) is 3. The summed E-state index contributed by atoms with van der Waals surface area (Å²) in [6.07, 6.45) is 0. The van der Waals surface area contributed by atoms with Gasteiger partial charge in [-0.05, 0) is 11.0 Å². The van der Waals surface area contributed by atoms with Gasteiger partial charge in [0.2, 0.25) is 0 Å². The first-order valence-electron chi connectivity index (χ1n) is 0. The van der Waals surface area contributed by atoms with Gasteiger partial charge < -0.3 is 18.5 Å². The summed E-state index contributed by atoms with van der Waals surface area (Å²) in [6, 6.07) is 0. The topological polar surface area (TPSA) is 91.5 Å². The summed E-state index contributed by atoms with van der Waals surface area (Å²) < 4.78 is 0. The van der Waals surface area contributed by atoms with Gasteiger partial charge in [-0.2, -0.15) is 0 Å². The molecule has 6 heteroatoms. The maximum absolute atomic E-state index is 0. The fourth-order valence-electron chi connectivity index (χ4n) is 0. The van der Waals surface area contributed by atoms with Crippen molar-refractivity contribution in [1.29, 1.82) is 0 Å². The summed E-state index contributed by atoms with van der Waals surface area (Å²) in [5.41, 5.74) is 0. The zero-order valence-electron chi connectivity index (χ0n) is 2.29. The van der Waals surface area contributed by atoms with Crippen LogP contribution >= 0.6 is 0 Å². The van der Waals surface area contributed by atoms with Crippen molar-refractivity contribution < 1.29 is 44.1 Å². The van der Waals surface area contributed by atoms with Gasteiger partial charge in [0.15, 0.2) is 0 Å². The monoisotopic (exact) mass is 215 g/mol. The van der Waals surface area contributed by atoms with Crippen molar-refractivity contribution >= 4 is 11.0 Å². The van der Waals surface area contributed by atoms with Crippen LogP contribution in [0.15, 0.2) is 0 Å². The van der Waals surface area contributed by atoms with E-state index in [1.54, 1.807) is 0 Å². The average molecular weight is 215 g/mol. The second-order valence-corrected chi connectivity index (χ2v) is 0. The minimum atomic E-state index is 0. The Morgan fingerprint density at radius 1 is 0.667 bits per heavy atom. The summed E-state index contributed by atoms with van der Waals surface area (Å²) in [5.74, 6) is 0. The maximum Gasteiger partial charge on any atom is 5.00 e. The molecule has 0 unspecified atom stereocenters. The van der Waals surface area contributed by atoms with Gasteiger partial charge in [0, 0.05) is 0 Å². The largest absolute Gasteiger partial charge is 5.00 e. The SMILES string of the molecule is [N-3].[N-3].[N-3].[Nb+5].[SiH4].[Ti+4]. The van der Waals surface area contributed by atoms with Crippen LogP contribution in [0, 0.1) is 0 Å². The van der Waals surface area contributed by atoms with Crippen LogP contribution in [0.1, 0.15) is 0 Å². The third kappa shape index (κ3) is 47.8. The molecule has 0 bridgehead atoms. The molecule has 0 heterocycles. The molecule has 0 spiro atoms. The van der Waals surface area contributed by atoms with Gasteiger partial charge in [-0.25, -0.2) is 0 Å². The Morgan fingerprint density at radius 3 is 0.667 bits per heavy atom. The van der Waals surface area contributed by atoms with Gasteiger partial charge in [0.05, 0.1) is 0 Å². The van der Waals surface area contributed by atoms with E-state index in [0.29, 0.717) is 0 Å². The molecule has 0 aliphatic rings. The van der Waals surface area contributed by atoms with E-state index in [1.165, 1.54) is 0 Å². The normalized spacial score (nSPS) is 0. The van der Waals surface area contributed by atoms with Crippen LogP contribution in [0.3, 0.4) is 0 Å². The molecule has 0 aliphatic heterocycles. The van der Waals surface area contributed by atoms with Gasteiger partial charge in [-0.15, -0.1) is 0 Å². The molecule has 0 radical (unpaired) electrons. The smallest absolute Gasteiger partial charge is 3.00 e. The van der Waals surface area contributed by atoms with Crippen LogP contribution < -0.4 is 0 Å². The predicted molar refractivity (Wildman–Crippen MR) is 21.4 cm³/mol. The predicted octanol–water partition coefficient (Wildman–Crippen LogP) is -0.590. The van der Waals surface area contributed by atoms with Crippen molar-refractivity contribution in [2.45, 2.75) is 0 Å². The summed E-state index contributed by atoms with van der Waals surface area (Å²) in [5, 5.41) is 0. The standard InChI is InChI=1S/3N.Nb.H4Si.Ti/h;;;;1H4;/q3*-3;+5;;+4. The molecule has 6 heavy (non-hydrogen) atoms. The second kappa shape index (κ2) is 83.9. The Bertz CT molecular complexity index is 10.8. The first-order chi connectivity index (χ1) is 0. The molecule has 0 atom stereocenters. The van der Waals surface area contributed by atoms with Crippen LogP contribution in [0.25, 0.3) is 18.5 Å². The summed E-state index contributed by atoms with van der Waals surface area (Å²) >= 11 is 0. The minimum Gasteiger partial charge on any atom is -3.00 e. The molecule has 0 aromatic heterocycles. The molecule has 32 valence electrons. The Morgan fingerprint density at radius 2 is 0.667 bits per heavy atom. The van der Waals surface area contributed by atoms with Crippen molar-refractivity contribution in [2.75, 3.05) is 0 Å². The van der Waals surface area contributed by atoms with E-state index in [1.807, 2.05) is 0 Å². The van der Waals surface area contributed by atoms with Gasteiger partial charge in [-0.3, -0.25) is 0 Å². The molecule has 0 fully saturated rings. The van der Waals surface area contributed by atoms with Crippen LogP contribution in [0.2, 0.25) is 0 Å². The molecule has 0 amide bonds. The third-order valence-electron chi connectivity index (χ3n) is 0. The van der Waals surface area contributed by atoms with E-state index >= 15 is 0 Å². The number of rotatable bonds is 0. The van der Waals surface area contributed by atoms with E-state index in [0.717, 1.165) is 0 Å². The van der Waals surface area contributed by atoms with Crippen LogP contribution in [-0.4, -0.2) is 11.0 Å². The zero-order chi connectivity index (χ0) is 0. The van der Waals surface area contributed by atoms with Crippen LogP contribution in [-0.2, 0) is 44.1 Å². The molecular weight excluding hydrogens is 211 g/mol. The van der Waals surface area contributed by atoms with Crippen molar-refractivity contribution in [2.24, 2.45) is 0 Å². The first kappa shape index (κ1) is 135. The van der Waals surface area contributed by atoms with Crippen molar-refractivity contribution in [3.63, 3.8) is 0 Å². The molecule has 0 rings (SSSR count). The Kier molecular flexibility index (Phi) is 1880. The Balaban J connectivity index is 0. The van der Waals surface area contributed by atoms with E-state index < -0.39 is 0 Å². The van der Waals surface area contributed by atoms with Crippen molar-refractivity contribution in [3.05, 3.63) is 18.5 Å². The first-order valence-corrected chi connectivity index (χ1v) is 0. The minimum absolute atomic E-state index is 0. The molecule has 0 saturated heterocycles. The zero-order valence-corrected chi connectivity index (χ0v) is 6.05. The fraction of sp³-hybridized carbons (Fsp3) is 0. The molecule has 0 N–H and O–H groups in total. The van der Waals surface area contributed by atoms with Gasteiger partial charge in [-0.1, -0.05) is 0 Å². The quantitative estimate of drug-likeness (QED) is 0.483. The van der Waals surface area contributed by atoms with E-state index in [4.69, 9.17) is 0 Å². The summed E-state index contributed by atoms with van der Waals surface area (Å²) in [6.45, 7) is 0. The maximum atomic E-state index is 0. The van der Waals surface area contributed by atoms with Gasteiger partial charge in [0.1, 0.15) is 0 Å². The molecule has 0 saturated carbocycles. The van der Waals surface area contributed by atoms with Crippen molar-refractivity contribution in [3.8, 4) is 0 Å². The fourth-order valence-corrected chi connectivity index (χ4v) is 0. The molecule has 0 aromatic carbocycles. The molecule has 3 nitrogen and oxygen atoms in total. The third-order valence-corrected chi connectivity index (χ3v) is 0. The Labute approximate surface area is 73.2 Å². The molecule has 0 aliphatic carbocycles. The van der Waals surface area contributed by atoms with E-state index in [2.05, 4.69) is 0 Å². The number of hydrogen-bond acceptors (Lipinski definition) is 0. The van der Waals surface area contributed by atoms with Crippen LogP contribution in [0.5, 0.6) is 0 Å². The average Bonchev–Trinajstić information content (AvgIpc) is 0. The van der Waals surface area contributed by atoms with Crippen molar-refractivity contribution in [1.82, 2.24) is 0 Å². The van der Waals surface area contributed by atoms with Gasteiger partial charge >= 0.3 is 44.1 Å². The summed E-state index contributed by atoms with van der Waals surface area (Å²) in [4.78, 5) is 0. The molecule has 0 aromatic rings. The second-order valence-electron chi connectivity index (χ2n) is 0. The van der Waals surface area contributed by atoms with Gasteiger partial charge in [0.25, 0.3) is 0 Å².